The van der Waals surface area contributed by atoms with Crippen LogP contribution in [-0.2, 0) is 6.54 Å². The minimum atomic E-state index is -0.409. The highest BCUT2D eigenvalue weighted by Gasteiger charge is 2.22. The van der Waals surface area contributed by atoms with Gasteiger partial charge in [0.25, 0.3) is 0 Å². The Balaban J connectivity index is 1.70. The molecule has 0 amide bonds. The molecule has 0 bridgehead atoms. The third kappa shape index (κ3) is 2.31. The first-order valence-corrected chi connectivity index (χ1v) is 7.92. The molecule has 6 nitrogen and oxygen atoms in total. The fourth-order valence-electron chi connectivity index (χ4n) is 2.62. The van der Waals surface area contributed by atoms with Gasteiger partial charge in [-0.05, 0) is 33.4 Å². The number of nitrogens with one attached hydrogen (secondary N) is 1. The van der Waals surface area contributed by atoms with Gasteiger partial charge in [0.2, 0.25) is 11.5 Å². The predicted molar refractivity (Wildman–Crippen MR) is 91.0 cm³/mol. The summed E-state index contributed by atoms with van der Waals surface area (Å²) >= 11 is 1.67. The molecule has 4 rings (SSSR count). The average molecular weight is 324 g/mol. The Morgan fingerprint density at radius 2 is 2.04 bits per heavy atom. The monoisotopic (exact) mass is 324 g/mol. The smallest absolute Gasteiger partial charge is 0.359 e. The van der Waals surface area contributed by atoms with Gasteiger partial charge in [-0.3, -0.25) is 0 Å². The molecule has 0 atom stereocenters. The van der Waals surface area contributed by atoms with Crippen LogP contribution in [0.5, 0.6) is 0 Å². The van der Waals surface area contributed by atoms with Crippen molar-refractivity contribution in [3.8, 4) is 0 Å². The molecular weight excluding hydrogens is 312 g/mol. The minimum Gasteiger partial charge on any atom is -0.359 e. The number of anilines is 1. The summed E-state index contributed by atoms with van der Waals surface area (Å²) in [5.74, 6) is 0.247. The van der Waals surface area contributed by atoms with Crippen molar-refractivity contribution >= 4 is 38.7 Å². The standard InChI is InChI=1S/C16H12N4O2S/c21-20(22)16-15(18-14-7-3-4-8-19(14)16)17-9-11-10-23-13-6-2-1-5-12(11)13/h1-8,10,17H,9H2. The van der Waals surface area contributed by atoms with E-state index in [1.165, 1.54) is 9.10 Å². The van der Waals surface area contributed by atoms with Crippen LogP contribution in [0.4, 0.5) is 11.6 Å². The maximum absolute atomic E-state index is 11.4. The van der Waals surface area contributed by atoms with E-state index < -0.39 is 4.92 Å². The summed E-state index contributed by atoms with van der Waals surface area (Å²) in [5, 5.41) is 17.7. The number of hydrogen-bond acceptors (Lipinski definition) is 5. The molecule has 0 fully saturated rings. The second-order valence-corrected chi connectivity index (χ2v) is 5.99. The number of pyridine rings is 1. The molecule has 1 N–H and O–H groups in total. The van der Waals surface area contributed by atoms with Gasteiger partial charge in [0.1, 0.15) is 0 Å². The highest BCUT2D eigenvalue weighted by molar-refractivity contribution is 7.17. The van der Waals surface area contributed by atoms with Gasteiger partial charge in [0, 0.05) is 17.3 Å². The molecule has 0 aliphatic carbocycles. The number of benzene rings is 1. The fraction of sp³-hybridized carbons (Fsp3) is 0.0625. The highest BCUT2D eigenvalue weighted by atomic mass is 32.1. The molecule has 0 radical (unpaired) electrons. The molecular formula is C16H12N4O2S. The highest BCUT2D eigenvalue weighted by Crippen LogP contribution is 2.29. The Bertz CT molecular complexity index is 1020. The van der Waals surface area contributed by atoms with E-state index >= 15 is 0 Å². The molecule has 0 saturated carbocycles. The van der Waals surface area contributed by atoms with Gasteiger partial charge in [-0.15, -0.1) is 11.3 Å². The molecule has 0 unspecified atom stereocenters. The van der Waals surface area contributed by atoms with Gasteiger partial charge >= 0.3 is 5.82 Å². The van der Waals surface area contributed by atoms with Crippen LogP contribution in [0.25, 0.3) is 15.7 Å². The number of nitrogens with zero attached hydrogens (tertiary/aromatic N) is 3. The van der Waals surface area contributed by atoms with Crippen LogP contribution in [-0.4, -0.2) is 14.3 Å². The lowest BCUT2D eigenvalue weighted by Gasteiger charge is -2.02. The molecule has 0 spiro atoms. The minimum absolute atomic E-state index is 0.0415. The summed E-state index contributed by atoms with van der Waals surface area (Å²) in [5.41, 5.74) is 1.66. The SMILES string of the molecule is O=[N+]([O-])c1c(NCc2csc3ccccc23)nc2ccccn12. The van der Waals surface area contributed by atoms with Crippen LogP contribution in [0.15, 0.2) is 54.0 Å². The number of fused-ring (bicyclic) bond motifs is 2. The van der Waals surface area contributed by atoms with E-state index in [9.17, 15) is 10.1 Å². The fourth-order valence-corrected chi connectivity index (χ4v) is 3.59. The largest absolute Gasteiger partial charge is 0.372 e. The molecule has 3 heterocycles. The van der Waals surface area contributed by atoms with E-state index in [1.54, 1.807) is 29.7 Å². The summed E-state index contributed by atoms with van der Waals surface area (Å²) in [6.45, 7) is 0.495. The third-order valence-electron chi connectivity index (χ3n) is 3.69. The van der Waals surface area contributed by atoms with Crippen LogP contribution in [0.2, 0.25) is 0 Å². The first-order chi connectivity index (χ1) is 11.2. The van der Waals surface area contributed by atoms with Crippen LogP contribution in [0.3, 0.4) is 0 Å². The Kier molecular flexibility index (Phi) is 3.20. The first-order valence-electron chi connectivity index (χ1n) is 7.04. The van der Waals surface area contributed by atoms with Gasteiger partial charge < -0.3 is 15.4 Å². The van der Waals surface area contributed by atoms with Crippen molar-refractivity contribution < 1.29 is 4.92 Å². The Morgan fingerprint density at radius 3 is 2.91 bits per heavy atom. The van der Waals surface area contributed by atoms with Gasteiger partial charge in [-0.25, -0.2) is 0 Å². The molecule has 3 aromatic heterocycles. The lowest BCUT2D eigenvalue weighted by molar-refractivity contribution is -0.389. The lowest BCUT2D eigenvalue weighted by atomic mass is 10.2. The average Bonchev–Trinajstić information content (AvgIpc) is 3.13. The number of aromatic nitrogens is 2. The zero-order chi connectivity index (χ0) is 15.8. The number of nitro groups is 1. The van der Waals surface area contributed by atoms with E-state index in [1.807, 2.05) is 18.2 Å². The van der Waals surface area contributed by atoms with E-state index in [-0.39, 0.29) is 11.6 Å². The van der Waals surface area contributed by atoms with Crippen LogP contribution in [0, 0.1) is 10.1 Å². The van der Waals surface area contributed by atoms with Crippen molar-refractivity contribution in [2.45, 2.75) is 6.54 Å². The number of imidazole rings is 1. The molecule has 114 valence electrons. The van der Waals surface area contributed by atoms with Gasteiger partial charge in [0.05, 0.1) is 6.20 Å². The number of hydrogen-bond donors (Lipinski definition) is 1. The van der Waals surface area contributed by atoms with E-state index in [4.69, 9.17) is 0 Å². The molecule has 1 aromatic carbocycles. The lowest BCUT2D eigenvalue weighted by Crippen LogP contribution is -2.02. The molecule has 4 aromatic rings. The van der Waals surface area contributed by atoms with Gasteiger partial charge in [0.15, 0.2) is 0 Å². The second-order valence-electron chi connectivity index (χ2n) is 5.08. The maximum atomic E-state index is 11.4. The Morgan fingerprint density at radius 1 is 1.22 bits per heavy atom. The van der Waals surface area contributed by atoms with Crippen molar-refractivity contribution in [2.75, 3.05) is 5.32 Å². The molecule has 7 heteroatoms. The third-order valence-corrected chi connectivity index (χ3v) is 4.70. The van der Waals surface area contributed by atoms with E-state index in [2.05, 4.69) is 27.8 Å². The quantitative estimate of drug-likeness (QED) is 0.454. The Labute approximate surface area is 135 Å². The number of rotatable bonds is 4. The van der Waals surface area contributed by atoms with Crippen LogP contribution in [0.1, 0.15) is 5.56 Å². The van der Waals surface area contributed by atoms with E-state index in [0.717, 1.165) is 10.9 Å². The summed E-state index contributed by atoms with van der Waals surface area (Å²) < 4.78 is 2.68. The molecule has 23 heavy (non-hydrogen) atoms. The number of thiophene rings is 1. The Hall–Kier alpha value is -2.93. The predicted octanol–water partition coefficient (Wildman–Crippen LogP) is 4.07. The second kappa shape index (κ2) is 5.36. The van der Waals surface area contributed by atoms with Gasteiger partial charge in [-0.1, -0.05) is 24.3 Å². The normalized spacial score (nSPS) is 11.1. The van der Waals surface area contributed by atoms with Crippen molar-refractivity contribution in [2.24, 2.45) is 0 Å². The summed E-state index contributed by atoms with van der Waals surface area (Å²) in [4.78, 5) is 15.3. The van der Waals surface area contributed by atoms with Crippen molar-refractivity contribution in [3.05, 3.63) is 69.7 Å². The maximum Gasteiger partial charge on any atom is 0.372 e. The summed E-state index contributed by atoms with van der Waals surface area (Å²) in [7, 11) is 0. The van der Waals surface area contributed by atoms with Gasteiger partial charge in [-0.2, -0.15) is 9.38 Å². The molecule has 0 saturated heterocycles. The van der Waals surface area contributed by atoms with E-state index in [0.29, 0.717) is 12.2 Å². The van der Waals surface area contributed by atoms with Crippen molar-refractivity contribution in [1.82, 2.24) is 9.38 Å². The molecule has 0 aliphatic heterocycles. The first kappa shape index (κ1) is 13.7. The zero-order valence-corrected chi connectivity index (χ0v) is 12.8. The zero-order valence-electron chi connectivity index (χ0n) is 12.0. The van der Waals surface area contributed by atoms with Crippen molar-refractivity contribution in [3.63, 3.8) is 0 Å². The van der Waals surface area contributed by atoms with Crippen LogP contribution >= 0.6 is 11.3 Å². The van der Waals surface area contributed by atoms with Crippen molar-refractivity contribution in [1.29, 1.82) is 0 Å². The summed E-state index contributed by atoms with van der Waals surface area (Å²) in [6.07, 6.45) is 1.64. The summed E-state index contributed by atoms with van der Waals surface area (Å²) in [6, 6.07) is 13.4. The topological polar surface area (TPSA) is 72.5 Å². The molecule has 0 aliphatic rings. The van der Waals surface area contributed by atoms with Crippen LogP contribution < -0.4 is 5.32 Å².